The molecule has 0 aliphatic carbocycles. The predicted molar refractivity (Wildman–Crippen MR) is 198 cm³/mol. The number of halogens is 4. The molecule has 2 aromatic heterocycles. The SMILES string of the molecule is CCOC(=O)C(C)OC(=O)c1cc(Oc2ccc(C(F)(F)F)cc2Cl)ccc1[N+](=O)[O-].COc1cc(OC)nc(NC(=O)NS(=O)(=O)c2ncccc2C(=O)N(C)C)n1. The standard InChI is InChI=1S/C19H15ClF3NO7.C15H18N6O6S/c1-3-29-17(25)10(2)30-18(26)13-9-12(5-6-15(13)24(27)28)31-16-7-4-11(8-14(16)20)19(21,22)23;1-21(2)13(22)9-6-5-7-16-12(9)28(24,25)20-15(23)19-14-17-10(26-3)8-11(18-14)27-4/h4-10H,3H2,1-2H3;5-8H,1-4H3,(H2,17,18,19,20,23). The van der Waals surface area contributed by atoms with Crippen molar-refractivity contribution in [1.82, 2.24) is 24.6 Å². The van der Waals surface area contributed by atoms with Gasteiger partial charge in [0.25, 0.3) is 21.6 Å². The summed E-state index contributed by atoms with van der Waals surface area (Å²) in [4.78, 5) is 71.3. The number of ether oxygens (including phenoxy) is 5. The van der Waals surface area contributed by atoms with Gasteiger partial charge in [-0.05, 0) is 50.2 Å². The molecule has 0 saturated carbocycles. The number of esters is 2. The van der Waals surface area contributed by atoms with E-state index in [-0.39, 0.29) is 46.4 Å². The van der Waals surface area contributed by atoms with Crippen molar-refractivity contribution >= 4 is 57.1 Å². The highest BCUT2D eigenvalue weighted by Crippen LogP contribution is 2.37. The summed E-state index contributed by atoms with van der Waals surface area (Å²) in [6, 6.07) is 8.28. The Morgan fingerprint density at radius 3 is 2.17 bits per heavy atom. The Kier molecular flexibility index (Phi) is 15.8. The lowest BCUT2D eigenvalue weighted by Gasteiger charge is -2.14. The smallest absolute Gasteiger partial charge is 0.416 e. The minimum absolute atomic E-state index is 0.0398. The molecule has 20 nitrogen and oxygen atoms in total. The number of urea groups is 1. The molecule has 1 unspecified atom stereocenters. The lowest BCUT2D eigenvalue weighted by Crippen LogP contribution is -2.36. The van der Waals surface area contributed by atoms with Crippen molar-refractivity contribution in [1.29, 1.82) is 0 Å². The summed E-state index contributed by atoms with van der Waals surface area (Å²) in [5.41, 5.74) is -2.36. The molecule has 0 bridgehead atoms. The highest BCUT2D eigenvalue weighted by Gasteiger charge is 2.32. The average molecular weight is 872 g/mol. The molecule has 4 aromatic rings. The Balaban J connectivity index is 0.000000317. The van der Waals surface area contributed by atoms with Crippen LogP contribution in [0, 0.1) is 10.1 Å². The number of amides is 3. The Hall–Kier alpha value is -6.82. The molecule has 59 heavy (non-hydrogen) atoms. The average Bonchev–Trinajstić information content (AvgIpc) is 3.17. The molecule has 0 aliphatic heterocycles. The van der Waals surface area contributed by atoms with Crippen LogP contribution in [0.15, 0.2) is 65.8 Å². The number of nitro groups is 1. The Morgan fingerprint density at radius 1 is 0.983 bits per heavy atom. The van der Waals surface area contributed by atoms with Gasteiger partial charge in [0.05, 0.1) is 48.0 Å². The van der Waals surface area contributed by atoms with Crippen molar-refractivity contribution in [3.05, 3.63) is 92.6 Å². The van der Waals surface area contributed by atoms with E-state index < -0.39 is 72.9 Å². The number of hydrogen-bond acceptors (Lipinski definition) is 16. The first kappa shape index (κ1) is 46.6. The molecule has 2 heterocycles. The molecular formula is C34H33ClF3N7O13S. The first-order chi connectivity index (χ1) is 27.6. The number of aromatic nitrogens is 3. The van der Waals surface area contributed by atoms with Gasteiger partial charge in [-0.25, -0.2) is 24.1 Å². The van der Waals surface area contributed by atoms with E-state index in [0.717, 1.165) is 30.3 Å². The highest BCUT2D eigenvalue weighted by molar-refractivity contribution is 7.90. The fourth-order valence-electron chi connectivity index (χ4n) is 4.30. The van der Waals surface area contributed by atoms with Crippen LogP contribution in [0.2, 0.25) is 5.02 Å². The van der Waals surface area contributed by atoms with Gasteiger partial charge in [-0.3, -0.25) is 20.2 Å². The predicted octanol–water partition coefficient (Wildman–Crippen LogP) is 5.27. The normalized spacial score (nSPS) is 11.4. The van der Waals surface area contributed by atoms with Crippen LogP contribution in [0.1, 0.15) is 40.1 Å². The van der Waals surface area contributed by atoms with Gasteiger partial charge in [0, 0.05) is 32.4 Å². The zero-order chi connectivity index (χ0) is 44.2. The van der Waals surface area contributed by atoms with Crippen molar-refractivity contribution in [3.8, 4) is 23.3 Å². The van der Waals surface area contributed by atoms with Crippen LogP contribution in [-0.4, -0.2) is 98.1 Å². The molecule has 0 radical (unpaired) electrons. The van der Waals surface area contributed by atoms with E-state index in [0.29, 0.717) is 6.07 Å². The van der Waals surface area contributed by atoms with E-state index in [1.54, 1.807) is 11.6 Å². The number of alkyl halides is 3. The van der Waals surface area contributed by atoms with Crippen molar-refractivity contribution < 1.29 is 69.4 Å². The lowest BCUT2D eigenvalue weighted by molar-refractivity contribution is -0.385. The quantitative estimate of drug-likeness (QED) is 0.0985. The number of pyridine rings is 1. The number of nitrogens with one attached hydrogen (secondary N) is 2. The molecule has 0 fully saturated rings. The zero-order valence-electron chi connectivity index (χ0n) is 31.5. The maximum absolute atomic E-state index is 12.8. The third-order valence-corrected chi connectivity index (χ3v) is 8.57. The number of rotatable bonds is 13. The minimum atomic E-state index is -4.61. The van der Waals surface area contributed by atoms with Crippen molar-refractivity contribution in [2.75, 3.05) is 40.2 Å². The second kappa shape index (κ2) is 20.0. The van der Waals surface area contributed by atoms with Crippen molar-refractivity contribution in [3.63, 3.8) is 0 Å². The number of carbonyl (C=O) groups excluding carboxylic acids is 4. The minimum Gasteiger partial charge on any atom is -0.481 e. The fourth-order valence-corrected chi connectivity index (χ4v) is 5.55. The van der Waals surface area contributed by atoms with Crippen LogP contribution < -0.4 is 24.2 Å². The van der Waals surface area contributed by atoms with Crippen molar-refractivity contribution in [2.24, 2.45) is 0 Å². The number of hydrogen-bond donors (Lipinski definition) is 2. The molecule has 2 aromatic carbocycles. The summed E-state index contributed by atoms with van der Waals surface area (Å²) in [7, 11) is 1.15. The topological polar surface area (TPSA) is 258 Å². The van der Waals surface area contributed by atoms with Crippen LogP contribution in [-0.2, 0) is 30.5 Å². The molecule has 4 rings (SSSR count). The summed E-state index contributed by atoms with van der Waals surface area (Å²) in [6.07, 6.45) is -4.75. The van der Waals surface area contributed by atoms with E-state index in [1.807, 2.05) is 0 Å². The van der Waals surface area contributed by atoms with Gasteiger partial charge in [0.1, 0.15) is 17.1 Å². The van der Waals surface area contributed by atoms with Gasteiger partial charge < -0.3 is 28.6 Å². The molecule has 0 saturated heterocycles. The second-order valence-electron chi connectivity index (χ2n) is 11.4. The molecule has 0 aliphatic rings. The van der Waals surface area contributed by atoms with Gasteiger partial charge in [0.15, 0.2) is 11.1 Å². The third-order valence-electron chi connectivity index (χ3n) is 6.99. The Bertz CT molecular complexity index is 2310. The van der Waals surface area contributed by atoms with Crippen LogP contribution in [0.25, 0.3) is 0 Å². The van der Waals surface area contributed by atoms with E-state index in [2.05, 4.69) is 20.3 Å². The van der Waals surface area contributed by atoms with Crippen LogP contribution >= 0.6 is 11.6 Å². The Labute approximate surface area is 337 Å². The van der Waals surface area contributed by atoms with Gasteiger partial charge in [-0.2, -0.15) is 31.6 Å². The number of nitro benzene ring substituents is 1. The summed E-state index contributed by atoms with van der Waals surface area (Å²) in [5, 5.41) is 12.4. The maximum atomic E-state index is 12.8. The summed E-state index contributed by atoms with van der Waals surface area (Å²) in [6.45, 7) is 2.81. The summed E-state index contributed by atoms with van der Waals surface area (Å²) < 4.78 is 89.9. The van der Waals surface area contributed by atoms with Crippen LogP contribution in [0.3, 0.4) is 0 Å². The molecule has 0 spiro atoms. The van der Waals surface area contributed by atoms with Gasteiger partial charge in [0.2, 0.25) is 17.7 Å². The van der Waals surface area contributed by atoms with E-state index >= 15 is 0 Å². The van der Waals surface area contributed by atoms with E-state index in [4.69, 9.17) is 35.3 Å². The molecule has 2 N–H and O–H groups in total. The van der Waals surface area contributed by atoms with E-state index in [9.17, 15) is 50.9 Å². The summed E-state index contributed by atoms with van der Waals surface area (Å²) >= 11 is 5.83. The highest BCUT2D eigenvalue weighted by atomic mass is 35.5. The largest absolute Gasteiger partial charge is 0.481 e. The second-order valence-corrected chi connectivity index (χ2v) is 13.4. The number of carbonyl (C=O) groups is 4. The number of anilines is 1. The first-order valence-corrected chi connectivity index (χ1v) is 18.2. The number of methoxy groups -OCH3 is 2. The molecular weight excluding hydrogens is 839 g/mol. The number of benzene rings is 2. The monoisotopic (exact) mass is 871 g/mol. The van der Waals surface area contributed by atoms with Gasteiger partial charge in [-0.1, -0.05) is 11.6 Å². The molecule has 3 amide bonds. The number of sulfonamides is 1. The summed E-state index contributed by atoms with van der Waals surface area (Å²) in [5.74, 6) is -3.02. The molecule has 25 heteroatoms. The fraction of sp³-hybridized carbons (Fsp3) is 0.265. The lowest BCUT2D eigenvalue weighted by atomic mass is 10.1. The zero-order valence-corrected chi connectivity index (χ0v) is 33.1. The third kappa shape index (κ3) is 12.8. The number of nitrogens with zero attached hydrogens (tertiary/aromatic N) is 5. The van der Waals surface area contributed by atoms with Crippen molar-refractivity contribution in [2.45, 2.75) is 31.2 Å². The van der Waals surface area contributed by atoms with Gasteiger partial charge in [-0.15, -0.1) is 0 Å². The Morgan fingerprint density at radius 2 is 1.63 bits per heavy atom. The first-order valence-electron chi connectivity index (χ1n) is 16.3. The molecule has 1 atom stereocenters. The maximum Gasteiger partial charge on any atom is 0.416 e. The van der Waals surface area contributed by atoms with Crippen LogP contribution in [0.5, 0.6) is 23.3 Å². The molecule has 316 valence electrons. The van der Waals surface area contributed by atoms with E-state index in [1.165, 1.54) is 64.5 Å². The van der Waals surface area contributed by atoms with Gasteiger partial charge >= 0.3 is 24.1 Å². The van der Waals surface area contributed by atoms with Crippen LogP contribution in [0.4, 0.5) is 29.6 Å².